The molecule has 0 bridgehead atoms. The fourth-order valence-corrected chi connectivity index (χ4v) is 5.21. The molecule has 0 aliphatic carbocycles. The molecule has 0 spiro atoms. The molecule has 0 saturated carbocycles. The molecule has 0 aliphatic heterocycles. The Hall–Kier alpha value is 0. The summed E-state index contributed by atoms with van der Waals surface area (Å²) < 4.78 is 0. The van der Waals surface area contributed by atoms with Gasteiger partial charge in [-0.2, -0.15) is 0 Å². The summed E-state index contributed by atoms with van der Waals surface area (Å²) >= 11 is 0. The van der Waals surface area contributed by atoms with E-state index >= 15 is 0 Å². The van der Waals surface area contributed by atoms with Gasteiger partial charge in [-0.1, -0.05) is 108 Å². The minimum atomic E-state index is 0.464. The lowest BCUT2D eigenvalue weighted by atomic mass is 9.61. The third-order valence-corrected chi connectivity index (χ3v) is 6.87. The maximum Gasteiger partial charge on any atom is -0.0311 e. The zero-order valence-electron chi connectivity index (χ0n) is 18.9. The minimum Gasteiger partial charge on any atom is -0.0654 e. The Morgan fingerprint density at radius 2 is 1.25 bits per heavy atom. The van der Waals surface area contributed by atoms with Gasteiger partial charge >= 0.3 is 0 Å². The van der Waals surface area contributed by atoms with Crippen molar-refractivity contribution in [1.82, 2.24) is 0 Å². The van der Waals surface area contributed by atoms with Crippen LogP contribution in [0.5, 0.6) is 0 Å². The lowest BCUT2D eigenvalue weighted by Gasteiger charge is -2.44. The fraction of sp³-hybridized carbons (Fsp3) is 1.00. The van der Waals surface area contributed by atoms with Gasteiger partial charge in [-0.3, -0.25) is 0 Å². The van der Waals surface area contributed by atoms with E-state index < -0.39 is 0 Å². The third kappa shape index (κ3) is 8.39. The first kappa shape index (κ1) is 24.0. The molecule has 0 aromatic carbocycles. The first-order valence-corrected chi connectivity index (χ1v) is 11.0. The summed E-state index contributed by atoms with van der Waals surface area (Å²) in [5.41, 5.74) is 0.464. The first-order valence-electron chi connectivity index (χ1n) is 11.0. The molecule has 0 amide bonds. The molecule has 24 heavy (non-hydrogen) atoms. The second-order valence-corrected chi connectivity index (χ2v) is 10.2. The lowest BCUT2D eigenvalue weighted by Crippen LogP contribution is -2.37. The Kier molecular flexibility index (Phi) is 11.6. The van der Waals surface area contributed by atoms with Crippen LogP contribution in [0.25, 0.3) is 0 Å². The number of rotatable bonds is 13. The zero-order valence-corrected chi connectivity index (χ0v) is 18.9. The highest BCUT2D eigenvalue weighted by Gasteiger charge is 2.37. The molecule has 0 saturated heterocycles. The van der Waals surface area contributed by atoms with Crippen molar-refractivity contribution in [1.29, 1.82) is 0 Å². The topological polar surface area (TPSA) is 0 Å². The largest absolute Gasteiger partial charge is 0.0654 e. The van der Waals surface area contributed by atoms with Crippen LogP contribution in [-0.4, -0.2) is 0 Å². The van der Waals surface area contributed by atoms with Gasteiger partial charge in [0.2, 0.25) is 0 Å². The summed E-state index contributed by atoms with van der Waals surface area (Å²) in [7, 11) is 0. The monoisotopic (exact) mass is 338 g/mol. The summed E-state index contributed by atoms with van der Waals surface area (Å²) in [4.78, 5) is 0. The lowest BCUT2D eigenvalue weighted by molar-refractivity contribution is 0.0469. The molecule has 146 valence electrons. The highest BCUT2D eigenvalue weighted by atomic mass is 14.4. The summed E-state index contributed by atoms with van der Waals surface area (Å²) in [6.45, 7) is 24.5. The molecule has 0 fully saturated rings. The predicted molar refractivity (Wildman–Crippen MR) is 112 cm³/mol. The first-order chi connectivity index (χ1) is 11.0. The van der Waals surface area contributed by atoms with E-state index in [0.717, 1.165) is 35.5 Å². The number of hydrogen-bond donors (Lipinski definition) is 0. The summed E-state index contributed by atoms with van der Waals surface area (Å²) in [6.07, 6.45) is 9.85. The average molecular weight is 339 g/mol. The normalized spacial score (nSPS) is 18.0. The van der Waals surface area contributed by atoms with Crippen LogP contribution in [0.3, 0.4) is 0 Å². The van der Waals surface area contributed by atoms with E-state index in [2.05, 4.69) is 69.2 Å². The smallest absolute Gasteiger partial charge is 0.0311 e. The Balaban J connectivity index is 4.52. The Morgan fingerprint density at radius 1 is 0.667 bits per heavy atom. The van der Waals surface area contributed by atoms with Crippen LogP contribution in [0.2, 0.25) is 0 Å². The molecular formula is C24H50. The number of hydrogen-bond acceptors (Lipinski definition) is 0. The van der Waals surface area contributed by atoms with E-state index in [1.165, 1.54) is 44.9 Å². The SMILES string of the molecule is CCCC(C)CCCCCC(C)(C)C(C(C)C)C(C)C(C)C(C)C. The highest BCUT2D eigenvalue weighted by Crippen LogP contribution is 2.45. The third-order valence-electron chi connectivity index (χ3n) is 6.87. The molecular weight excluding hydrogens is 288 g/mol. The van der Waals surface area contributed by atoms with Crippen molar-refractivity contribution < 1.29 is 0 Å². The molecule has 0 heteroatoms. The van der Waals surface area contributed by atoms with Gasteiger partial charge in [0.15, 0.2) is 0 Å². The van der Waals surface area contributed by atoms with Gasteiger partial charge in [0.1, 0.15) is 0 Å². The Labute approximate surface area is 155 Å². The molecule has 0 N–H and O–H groups in total. The molecule has 4 atom stereocenters. The van der Waals surface area contributed by atoms with Crippen LogP contribution in [0.15, 0.2) is 0 Å². The molecule has 0 rings (SSSR count). The van der Waals surface area contributed by atoms with Crippen LogP contribution in [0.1, 0.15) is 114 Å². The van der Waals surface area contributed by atoms with Gasteiger partial charge < -0.3 is 0 Å². The van der Waals surface area contributed by atoms with Crippen LogP contribution >= 0.6 is 0 Å². The predicted octanol–water partition coefficient (Wildman–Crippen LogP) is 8.60. The van der Waals surface area contributed by atoms with E-state index in [1.54, 1.807) is 0 Å². The van der Waals surface area contributed by atoms with Gasteiger partial charge in [0, 0.05) is 0 Å². The fourth-order valence-electron chi connectivity index (χ4n) is 5.21. The standard InChI is InChI=1S/C24H50/c1-11-15-20(6)16-13-12-14-17-24(9,10)23(19(4)5)22(8)21(7)18(2)3/h18-23H,11-17H2,1-10H3. The maximum atomic E-state index is 2.54. The molecule has 0 nitrogen and oxygen atoms in total. The molecule has 4 unspecified atom stereocenters. The quantitative estimate of drug-likeness (QED) is 0.295. The molecule has 0 aromatic rings. The second-order valence-electron chi connectivity index (χ2n) is 10.2. The van der Waals surface area contributed by atoms with Gasteiger partial charge in [0.25, 0.3) is 0 Å². The van der Waals surface area contributed by atoms with Crippen molar-refractivity contribution >= 4 is 0 Å². The molecule has 0 radical (unpaired) electrons. The minimum absolute atomic E-state index is 0.464. The van der Waals surface area contributed by atoms with Gasteiger partial charge in [-0.15, -0.1) is 0 Å². The van der Waals surface area contributed by atoms with Crippen molar-refractivity contribution in [3.8, 4) is 0 Å². The maximum absolute atomic E-state index is 2.54. The average Bonchev–Trinajstić information content (AvgIpc) is 2.45. The molecule has 0 aromatic heterocycles. The summed E-state index contributed by atoms with van der Waals surface area (Å²) in [6, 6.07) is 0. The van der Waals surface area contributed by atoms with Crippen molar-refractivity contribution in [3.05, 3.63) is 0 Å². The van der Waals surface area contributed by atoms with Crippen LogP contribution in [0, 0.1) is 40.9 Å². The second kappa shape index (κ2) is 11.6. The van der Waals surface area contributed by atoms with E-state index in [0.29, 0.717) is 5.41 Å². The van der Waals surface area contributed by atoms with E-state index in [4.69, 9.17) is 0 Å². The number of unbranched alkanes of at least 4 members (excludes halogenated alkanes) is 2. The van der Waals surface area contributed by atoms with Crippen LogP contribution < -0.4 is 0 Å². The van der Waals surface area contributed by atoms with Crippen LogP contribution in [0.4, 0.5) is 0 Å². The van der Waals surface area contributed by atoms with E-state index in [9.17, 15) is 0 Å². The van der Waals surface area contributed by atoms with Crippen molar-refractivity contribution in [2.75, 3.05) is 0 Å². The van der Waals surface area contributed by atoms with Crippen molar-refractivity contribution in [2.45, 2.75) is 114 Å². The van der Waals surface area contributed by atoms with Crippen molar-refractivity contribution in [3.63, 3.8) is 0 Å². The van der Waals surface area contributed by atoms with Gasteiger partial charge in [0.05, 0.1) is 0 Å². The Morgan fingerprint density at radius 3 is 1.71 bits per heavy atom. The summed E-state index contributed by atoms with van der Waals surface area (Å²) in [5.74, 6) is 4.95. The highest BCUT2D eigenvalue weighted by molar-refractivity contribution is 4.86. The molecule has 0 aliphatic rings. The summed E-state index contributed by atoms with van der Waals surface area (Å²) in [5, 5.41) is 0. The van der Waals surface area contributed by atoms with E-state index in [-0.39, 0.29) is 0 Å². The van der Waals surface area contributed by atoms with Gasteiger partial charge in [-0.25, -0.2) is 0 Å². The zero-order chi connectivity index (χ0) is 18.9. The molecule has 0 heterocycles. The van der Waals surface area contributed by atoms with Crippen LogP contribution in [-0.2, 0) is 0 Å². The Bertz CT molecular complexity index is 299. The van der Waals surface area contributed by atoms with E-state index in [1.807, 2.05) is 0 Å². The van der Waals surface area contributed by atoms with Gasteiger partial charge in [-0.05, 0) is 47.3 Å². The van der Waals surface area contributed by atoms with Crippen molar-refractivity contribution in [2.24, 2.45) is 40.9 Å².